The van der Waals surface area contributed by atoms with Crippen LogP contribution in [0.2, 0.25) is 0 Å². The van der Waals surface area contributed by atoms with Crippen LogP contribution in [-0.2, 0) is 0 Å². The molecule has 0 radical (unpaired) electrons. The van der Waals surface area contributed by atoms with E-state index in [1.54, 1.807) is 12.3 Å². The molecule has 6 nitrogen and oxygen atoms in total. The lowest BCUT2D eigenvalue weighted by molar-refractivity contribution is -0.383. The second-order valence-electron chi connectivity index (χ2n) is 5.72. The number of nitrogens with zero attached hydrogens (tertiary/aromatic N) is 2. The van der Waals surface area contributed by atoms with E-state index >= 15 is 0 Å². The molecular formula is C15H18N4O2. The number of pyridine rings is 1. The molecule has 0 spiro atoms. The highest BCUT2D eigenvalue weighted by Crippen LogP contribution is 2.33. The Morgan fingerprint density at radius 1 is 1.33 bits per heavy atom. The van der Waals surface area contributed by atoms with E-state index in [1.807, 2.05) is 12.1 Å². The van der Waals surface area contributed by atoms with Crippen LogP contribution in [0.3, 0.4) is 0 Å². The fraction of sp³-hybridized carbons (Fsp3) is 0.400. The van der Waals surface area contributed by atoms with E-state index in [0.717, 1.165) is 37.0 Å². The van der Waals surface area contributed by atoms with E-state index in [-0.39, 0.29) is 16.1 Å². The van der Waals surface area contributed by atoms with Gasteiger partial charge in [0.2, 0.25) is 0 Å². The molecule has 2 aromatic rings. The number of nitrogens with one attached hydrogen (secondary N) is 2. The van der Waals surface area contributed by atoms with Gasteiger partial charge in [0.15, 0.2) is 0 Å². The van der Waals surface area contributed by atoms with Crippen LogP contribution >= 0.6 is 0 Å². The molecule has 1 aliphatic heterocycles. The Hall–Kier alpha value is -2.21. The summed E-state index contributed by atoms with van der Waals surface area (Å²) in [6.45, 7) is 4.15. The maximum absolute atomic E-state index is 11.1. The van der Waals surface area contributed by atoms with Gasteiger partial charge in [-0.15, -0.1) is 0 Å². The van der Waals surface area contributed by atoms with Gasteiger partial charge in [-0.1, -0.05) is 0 Å². The molecule has 2 N–H and O–H groups in total. The van der Waals surface area contributed by atoms with E-state index in [1.165, 1.54) is 6.07 Å². The van der Waals surface area contributed by atoms with Crippen molar-refractivity contribution in [1.29, 1.82) is 0 Å². The summed E-state index contributed by atoms with van der Waals surface area (Å²) in [6.07, 6.45) is 3.63. The van der Waals surface area contributed by atoms with E-state index in [2.05, 4.69) is 22.5 Å². The third-order valence-electron chi connectivity index (χ3n) is 4.09. The molecule has 0 aliphatic carbocycles. The lowest BCUT2D eigenvalue weighted by atomic mass is 9.90. The summed E-state index contributed by atoms with van der Waals surface area (Å²) in [4.78, 5) is 14.9. The summed E-state index contributed by atoms with van der Waals surface area (Å²) in [5, 5.41) is 18.8. The first-order valence-electron chi connectivity index (χ1n) is 7.10. The molecule has 1 aliphatic rings. The van der Waals surface area contributed by atoms with Gasteiger partial charge in [0.05, 0.1) is 4.92 Å². The molecule has 0 saturated carbocycles. The van der Waals surface area contributed by atoms with Crippen LogP contribution in [0.5, 0.6) is 0 Å². The number of hydrogen-bond acceptors (Lipinski definition) is 5. The van der Waals surface area contributed by atoms with Gasteiger partial charge in [-0.05, 0) is 51.1 Å². The Morgan fingerprint density at radius 3 is 2.81 bits per heavy atom. The summed E-state index contributed by atoms with van der Waals surface area (Å²) >= 11 is 0. The zero-order valence-electron chi connectivity index (χ0n) is 11.9. The largest absolute Gasteiger partial charge is 0.379 e. The fourth-order valence-electron chi connectivity index (χ4n) is 2.84. The minimum Gasteiger partial charge on any atom is -0.379 e. The number of benzene rings is 1. The zero-order chi connectivity index (χ0) is 14.9. The Labute approximate surface area is 122 Å². The Balaban J connectivity index is 2.03. The molecule has 1 fully saturated rings. The molecule has 2 heterocycles. The third kappa shape index (κ3) is 2.67. The first-order chi connectivity index (χ1) is 10.1. The molecular weight excluding hydrogens is 268 g/mol. The normalized spacial score (nSPS) is 17.6. The quantitative estimate of drug-likeness (QED) is 0.670. The van der Waals surface area contributed by atoms with E-state index in [4.69, 9.17) is 0 Å². The van der Waals surface area contributed by atoms with Crippen LogP contribution < -0.4 is 10.6 Å². The van der Waals surface area contributed by atoms with Crippen molar-refractivity contribution in [2.75, 3.05) is 18.4 Å². The lowest BCUT2D eigenvalue weighted by Gasteiger charge is -2.36. The molecule has 1 aromatic heterocycles. The molecule has 1 saturated heterocycles. The van der Waals surface area contributed by atoms with E-state index < -0.39 is 0 Å². The SMILES string of the molecule is CC1(Nc2ccc([N+](=O)[O-])c3ncccc23)CCNCC1. The summed E-state index contributed by atoms with van der Waals surface area (Å²) in [5.74, 6) is 0. The van der Waals surface area contributed by atoms with Gasteiger partial charge in [-0.25, -0.2) is 4.98 Å². The number of aromatic nitrogens is 1. The van der Waals surface area contributed by atoms with Gasteiger partial charge in [0.25, 0.3) is 5.69 Å². The minimum atomic E-state index is -0.384. The number of non-ortho nitro benzene ring substituents is 1. The van der Waals surface area contributed by atoms with Crippen molar-refractivity contribution in [3.05, 3.63) is 40.6 Å². The molecule has 0 unspecified atom stereocenters. The summed E-state index contributed by atoms with van der Waals surface area (Å²) in [7, 11) is 0. The maximum Gasteiger partial charge on any atom is 0.295 e. The number of hydrogen-bond donors (Lipinski definition) is 2. The van der Waals surface area contributed by atoms with Crippen LogP contribution in [0, 0.1) is 10.1 Å². The molecule has 0 amide bonds. The van der Waals surface area contributed by atoms with Crippen molar-refractivity contribution in [2.45, 2.75) is 25.3 Å². The van der Waals surface area contributed by atoms with Gasteiger partial charge in [0.1, 0.15) is 5.52 Å². The topological polar surface area (TPSA) is 80.1 Å². The summed E-state index contributed by atoms with van der Waals surface area (Å²) in [6, 6.07) is 7.00. The molecule has 1 aromatic carbocycles. The molecule has 3 rings (SSSR count). The molecule has 110 valence electrons. The number of nitro benzene ring substituents is 1. The average molecular weight is 286 g/mol. The molecule has 21 heavy (non-hydrogen) atoms. The molecule has 0 bridgehead atoms. The van der Waals surface area contributed by atoms with Crippen molar-refractivity contribution >= 4 is 22.3 Å². The predicted octanol–water partition coefficient (Wildman–Crippen LogP) is 2.70. The van der Waals surface area contributed by atoms with Crippen LogP contribution in [0.15, 0.2) is 30.5 Å². The summed E-state index contributed by atoms with van der Waals surface area (Å²) < 4.78 is 0. The lowest BCUT2D eigenvalue weighted by Crippen LogP contribution is -2.45. The van der Waals surface area contributed by atoms with Gasteiger partial charge >= 0.3 is 0 Å². The highest BCUT2D eigenvalue weighted by molar-refractivity contribution is 5.97. The standard InChI is InChI=1S/C15H18N4O2/c1-15(6-9-16-10-7-15)18-12-4-5-13(19(20)21)14-11(12)3-2-8-17-14/h2-5,8,16,18H,6-7,9-10H2,1H3. The van der Waals surface area contributed by atoms with Crippen LogP contribution in [-0.4, -0.2) is 28.5 Å². The minimum absolute atomic E-state index is 0.00412. The van der Waals surface area contributed by atoms with Crippen LogP contribution in [0.25, 0.3) is 10.9 Å². The third-order valence-corrected chi connectivity index (χ3v) is 4.09. The average Bonchev–Trinajstić information content (AvgIpc) is 2.47. The number of fused-ring (bicyclic) bond motifs is 1. The Kier molecular flexibility index (Phi) is 3.47. The van der Waals surface area contributed by atoms with E-state index in [0.29, 0.717) is 5.52 Å². The van der Waals surface area contributed by atoms with Crippen molar-refractivity contribution in [3.63, 3.8) is 0 Å². The van der Waals surface area contributed by atoms with Crippen molar-refractivity contribution in [1.82, 2.24) is 10.3 Å². The van der Waals surface area contributed by atoms with Crippen molar-refractivity contribution in [3.8, 4) is 0 Å². The van der Waals surface area contributed by atoms with Crippen LogP contribution in [0.4, 0.5) is 11.4 Å². The van der Waals surface area contributed by atoms with Gasteiger partial charge in [-0.3, -0.25) is 10.1 Å². The van der Waals surface area contributed by atoms with Gasteiger partial charge < -0.3 is 10.6 Å². The van der Waals surface area contributed by atoms with Crippen LogP contribution in [0.1, 0.15) is 19.8 Å². The first kappa shape index (κ1) is 13.8. The summed E-state index contributed by atoms with van der Waals surface area (Å²) in [5.41, 5.74) is 1.40. The van der Waals surface area contributed by atoms with Gasteiger partial charge in [0, 0.05) is 28.9 Å². The van der Waals surface area contributed by atoms with Crippen molar-refractivity contribution < 1.29 is 4.92 Å². The number of piperidine rings is 1. The Morgan fingerprint density at radius 2 is 2.10 bits per heavy atom. The second-order valence-corrected chi connectivity index (χ2v) is 5.72. The first-order valence-corrected chi connectivity index (χ1v) is 7.10. The van der Waals surface area contributed by atoms with E-state index in [9.17, 15) is 10.1 Å². The maximum atomic E-state index is 11.1. The number of rotatable bonds is 3. The Bertz CT molecular complexity index is 680. The zero-order valence-corrected chi connectivity index (χ0v) is 11.9. The highest BCUT2D eigenvalue weighted by Gasteiger charge is 2.27. The molecule has 6 heteroatoms. The monoisotopic (exact) mass is 286 g/mol. The predicted molar refractivity (Wildman–Crippen MR) is 82.5 cm³/mol. The second kappa shape index (κ2) is 5.29. The fourth-order valence-corrected chi connectivity index (χ4v) is 2.84. The van der Waals surface area contributed by atoms with Gasteiger partial charge in [-0.2, -0.15) is 0 Å². The van der Waals surface area contributed by atoms with Crippen molar-refractivity contribution in [2.24, 2.45) is 0 Å². The smallest absolute Gasteiger partial charge is 0.295 e. The molecule has 0 atom stereocenters. The number of nitro groups is 1. The number of anilines is 1. The highest BCUT2D eigenvalue weighted by atomic mass is 16.6.